The van der Waals surface area contributed by atoms with Gasteiger partial charge in [0.2, 0.25) is 0 Å². The molecule has 3 aromatic rings. The van der Waals surface area contributed by atoms with E-state index in [9.17, 15) is 28.8 Å². The van der Waals surface area contributed by atoms with E-state index in [2.05, 4.69) is 10.6 Å². The van der Waals surface area contributed by atoms with Gasteiger partial charge in [0.25, 0.3) is 23.6 Å². The summed E-state index contributed by atoms with van der Waals surface area (Å²) in [6, 6.07) is 11.0. The first-order chi connectivity index (χ1) is 20.3. The molecule has 4 rings (SSSR count). The van der Waals surface area contributed by atoms with Crippen LogP contribution < -0.4 is 10.6 Å². The number of imide groups is 1. The van der Waals surface area contributed by atoms with Crippen LogP contribution in [0.1, 0.15) is 38.0 Å². The molecule has 1 heterocycles. The lowest BCUT2D eigenvalue weighted by atomic mass is 10.1. The number of carbonyl (C=O) groups excluding carboxylic acids is 6. The van der Waals surface area contributed by atoms with Gasteiger partial charge in [0, 0.05) is 11.4 Å². The van der Waals surface area contributed by atoms with E-state index in [0.29, 0.717) is 21.3 Å². The Kier molecular flexibility index (Phi) is 9.92. The molecule has 0 aliphatic carbocycles. The third kappa shape index (κ3) is 7.44. The number of ether oxygens (including phenoxy) is 2. The molecule has 0 radical (unpaired) electrons. The largest absolute Gasteiger partial charge is 0.454 e. The fourth-order valence-electron chi connectivity index (χ4n) is 3.86. The van der Waals surface area contributed by atoms with Gasteiger partial charge in [-0.1, -0.05) is 46.4 Å². The Labute approximate surface area is 263 Å². The lowest BCUT2D eigenvalue weighted by Gasteiger charge is -2.20. The highest BCUT2D eigenvalue weighted by Crippen LogP contribution is 2.28. The number of benzene rings is 3. The molecule has 2 N–H and O–H groups in total. The Balaban J connectivity index is 1.33. The van der Waals surface area contributed by atoms with Crippen molar-refractivity contribution in [3.63, 3.8) is 0 Å². The van der Waals surface area contributed by atoms with Gasteiger partial charge < -0.3 is 20.1 Å². The normalized spacial score (nSPS) is 12.8. The molecule has 0 aromatic heterocycles. The van der Waals surface area contributed by atoms with Gasteiger partial charge in [-0.2, -0.15) is 0 Å². The van der Waals surface area contributed by atoms with Gasteiger partial charge in [0.1, 0.15) is 6.04 Å². The number of nitrogens with zero attached hydrogens (tertiary/aromatic N) is 1. The maximum atomic E-state index is 13.0. The molecule has 1 atom stereocenters. The van der Waals surface area contributed by atoms with E-state index in [1.807, 2.05) is 0 Å². The second-order valence-electron chi connectivity index (χ2n) is 8.95. The van der Waals surface area contributed by atoms with Crippen LogP contribution in [0.15, 0.2) is 54.6 Å². The number of hydrogen-bond acceptors (Lipinski definition) is 8. The molecule has 1 aliphatic rings. The highest BCUT2D eigenvalue weighted by molar-refractivity contribution is 6.42. The summed E-state index contributed by atoms with van der Waals surface area (Å²) in [4.78, 5) is 76.1. The summed E-state index contributed by atoms with van der Waals surface area (Å²) in [7, 11) is 0. The Morgan fingerprint density at radius 1 is 0.698 bits per heavy atom. The SMILES string of the molecule is C[C@@H](C(=O)OCC(=O)Nc1ccc(Cl)c(Cl)c1)N1C(=O)c2ccc(C(=O)OCC(=O)Nc3ccc(Cl)c(Cl)c3)cc2C1=O. The quantitative estimate of drug-likeness (QED) is 0.232. The van der Waals surface area contributed by atoms with Crippen molar-refractivity contribution in [2.45, 2.75) is 13.0 Å². The van der Waals surface area contributed by atoms with Crippen molar-refractivity contribution >= 4 is 93.3 Å². The topological polar surface area (TPSA) is 148 Å². The number of anilines is 2. The van der Waals surface area contributed by atoms with Gasteiger partial charge >= 0.3 is 11.9 Å². The molecule has 1 aliphatic heterocycles. The van der Waals surface area contributed by atoms with Crippen molar-refractivity contribution < 1.29 is 38.2 Å². The van der Waals surface area contributed by atoms with Crippen molar-refractivity contribution in [1.29, 1.82) is 0 Å². The summed E-state index contributed by atoms with van der Waals surface area (Å²) in [5.41, 5.74) is 0.313. The second-order valence-corrected chi connectivity index (χ2v) is 10.6. The van der Waals surface area contributed by atoms with Gasteiger partial charge in [-0.25, -0.2) is 9.59 Å². The number of amides is 4. The highest BCUT2D eigenvalue weighted by atomic mass is 35.5. The van der Waals surface area contributed by atoms with Crippen LogP contribution in [0, 0.1) is 0 Å². The number of nitrogens with one attached hydrogen (secondary N) is 2. The zero-order chi connectivity index (χ0) is 31.4. The van der Waals surface area contributed by atoms with Crippen LogP contribution in [0.2, 0.25) is 20.1 Å². The second kappa shape index (κ2) is 13.4. The van der Waals surface area contributed by atoms with Crippen LogP contribution in [0.4, 0.5) is 11.4 Å². The molecular weight excluding hydrogens is 648 g/mol. The maximum Gasteiger partial charge on any atom is 0.338 e. The third-order valence-corrected chi connectivity index (χ3v) is 7.45. The molecule has 0 spiro atoms. The van der Waals surface area contributed by atoms with Gasteiger partial charge in [-0.15, -0.1) is 0 Å². The predicted octanol–water partition coefficient (Wildman–Crippen LogP) is 5.26. The van der Waals surface area contributed by atoms with E-state index >= 15 is 0 Å². The molecule has 0 saturated heterocycles. The number of fused-ring (bicyclic) bond motifs is 1. The zero-order valence-electron chi connectivity index (χ0n) is 21.9. The number of rotatable bonds is 9. The zero-order valence-corrected chi connectivity index (χ0v) is 24.9. The summed E-state index contributed by atoms with van der Waals surface area (Å²) in [5.74, 6) is -4.99. The van der Waals surface area contributed by atoms with E-state index in [1.165, 1.54) is 55.5 Å². The minimum atomic E-state index is -1.40. The van der Waals surface area contributed by atoms with Gasteiger partial charge in [0.15, 0.2) is 13.2 Å². The number of esters is 2. The molecule has 222 valence electrons. The van der Waals surface area contributed by atoms with Crippen LogP contribution in [-0.4, -0.2) is 59.7 Å². The number of halogens is 4. The number of carbonyl (C=O) groups is 6. The first-order valence-corrected chi connectivity index (χ1v) is 13.7. The molecule has 4 amide bonds. The molecule has 11 nitrogen and oxygen atoms in total. The van der Waals surface area contributed by atoms with E-state index < -0.39 is 54.8 Å². The fraction of sp³-hybridized carbons (Fsp3) is 0.143. The highest BCUT2D eigenvalue weighted by Gasteiger charge is 2.42. The molecule has 3 aromatic carbocycles. The van der Waals surface area contributed by atoms with E-state index in [0.717, 1.165) is 6.07 Å². The van der Waals surface area contributed by atoms with Crippen LogP contribution in [0.25, 0.3) is 0 Å². The summed E-state index contributed by atoms with van der Waals surface area (Å²) >= 11 is 23.5. The molecule has 0 bridgehead atoms. The summed E-state index contributed by atoms with van der Waals surface area (Å²) in [6.07, 6.45) is 0. The van der Waals surface area contributed by atoms with Crippen molar-refractivity contribution in [3.8, 4) is 0 Å². The van der Waals surface area contributed by atoms with Crippen molar-refractivity contribution in [2.75, 3.05) is 23.8 Å². The predicted molar refractivity (Wildman–Crippen MR) is 158 cm³/mol. The average molecular weight is 667 g/mol. The van der Waals surface area contributed by atoms with Crippen LogP contribution in [0.3, 0.4) is 0 Å². The molecular formula is C28H19Cl4N3O8. The minimum Gasteiger partial charge on any atom is -0.454 e. The van der Waals surface area contributed by atoms with E-state index in [1.54, 1.807) is 0 Å². The van der Waals surface area contributed by atoms with Gasteiger partial charge in [0.05, 0.1) is 36.8 Å². The fourth-order valence-corrected chi connectivity index (χ4v) is 4.45. The van der Waals surface area contributed by atoms with Crippen LogP contribution in [0.5, 0.6) is 0 Å². The molecule has 0 unspecified atom stereocenters. The number of hydrogen-bond donors (Lipinski definition) is 2. The molecule has 15 heteroatoms. The van der Waals surface area contributed by atoms with Crippen LogP contribution in [-0.2, 0) is 23.9 Å². The average Bonchev–Trinajstić information content (AvgIpc) is 3.22. The smallest absolute Gasteiger partial charge is 0.338 e. The van der Waals surface area contributed by atoms with E-state index in [4.69, 9.17) is 55.9 Å². The lowest BCUT2D eigenvalue weighted by Crippen LogP contribution is -2.44. The summed E-state index contributed by atoms with van der Waals surface area (Å²) in [6.45, 7) is -0.111. The standard InChI is InChI=1S/C28H19Cl4N3O8/c1-13(27(40)42-11-23(36)33-15-3-6-19(29)21(31)9-15)35-25(38)17-5-2-14(8-18(17)26(35)39)28(41)43-12-24(37)34-16-4-7-20(30)22(32)10-16/h2-10,13H,11-12H2,1H3,(H,33,36)(H,34,37)/t13-/m0/s1. The first-order valence-electron chi connectivity index (χ1n) is 12.2. The molecule has 0 fully saturated rings. The molecule has 43 heavy (non-hydrogen) atoms. The van der Waals surface area contributed by atoms with Crippen molar-refractivity contribution in [3.05, 3.63) is 91.4 Å². The van der Waals surface area contributed by atoms with Gasteiger partial charge in [-0.3, -0.25) is 24.1 Å². The Hall–Kier alpha value is -4.16. The molecule has 0 saturated carbocycles. The summed E-state index contributed by atoms with van der Waals surface area (Å²) in [5, 5.41) is 5.97. The first kappa shape index (κ1) is 31.8. The monoisotopic (exact) mass is 665 g/mol. The Morgan fingerprint density at radius 3 is 1.74 bits per heavy atom. The van der Waals surface area contributed by atoms with E-state index in [-0.39, 0.29) is 31.8 Å². The third-order valence-electron chi connectivity index (χ3n) is 5.97. The minimum absolute atomic E-state index is 0.0593. The Morgan fingerprint density at radius 2 is 1.21 bits per heavy atom. The lowest BCUT2D eigenvalue weighted by molar-refractivity contribution is -0.150. The van der Waals surface area contributed by atoms with Crippen molar-refractivity contribution in [2.24, 2.45) is 0 Å². The maximum absolute atomic E-state index is 13.0. The van der Waals surface area contributed by atoms with Crippen LogP contribution >= 0.6 is 46.4 Å². The Bertz CT molecular complexity index is 1680. The van der Waals surface area contributed by atoms with Crippen molar-refractivity contribution in [1.82, 2.24) is 4.90 Å². The van der Waals surface area contributed by atoms with Gasteiger partial charge in [-0.05, 0) is 61.5 Å². The summed E-state index contributed by atoms with van der Waals surface area (Å²) < 4.78 is 10.0.